The Morgan fingerprint density at radius 3 is 2.58 bits per heavy atom. The van der Waals surface area contributed by atoms with Gasteiger partial charge in [-0.3, -0.25) is 13.9 Å². The van der Waals surface area contributed by atoms with E-state index in [-0.39, 0.29) is 10.5 Å². The van der Waals surface area contributed by atoms with Crippen LogP contribution >= 0.6 is 11.3 Å². The van der Waals surface area contributed by atoms with E-state index in [0.717, 1.165) is 21.0 Å². The molecule has 0 saturated heterocycles. The van der Waals surface area contributed by atoms with Gasteiger partial charge in [-0.2, -0.15) is 0 Å². The van der Waals surface area contributed by atoms with Crippen molar-refractivity contribution in [1.82, 2.24) is 0 Å². The SMILES string of the molecule is NC(=O)c1ccsc1NC(=O)CN1c2cccc3cccc(c23)S1(=O)=O. The molecule has 0 radical (unpaired) electrons. The smallest absolute Gasteiger partial charge is 0.265 e. The zero-order valence-corrected chi connectivity index (χ0v) is 14.9. The standard InChI is InChI=1S/C17H13N3O4S2/c18-16(22)11-7-8-25-17(11)19-14(21)9-20-12-5-1-3-10-4-2-6-13(15(10)12)26(20,23)24/h1-8H,9H2,(H2,18,22)(H,19,21). The van der Waals surface area contributed by atoms with E-state index in [1.165, 1.54) is 12.1 Å². The number of carbonyl (C=O) groups excluding carboxylic acids is 2. The molecule has 2 heterocycles. The minimum Gasteiger partial charge on any atom is -0.366 e. The van der Waals surface area contributed by atoms with Crippen LogP contribution in [-0.2, 0) is 14.8 Å². The van der Waals surface area contributed by atoms with Crippen molar-refractivity contribution in [2.75, 3.05) is 16.2 Å². The molecule has 1 aliphatic rings. The molecule has 0 spiro atoms. The molecule has 1 aromatic heterocycles. The molecule has 4 rings (SSSR count). The molecule has 0 unspecified atom stereocenters. The second-order valence-electron chi connectivity index (χ2n) is 5.72. The molecule has 26 heavy (non-hydrogen) atoms. The highest BCUT2D eigenvalue weighted by Crippen LogP contribution is 2.41. The lowest BCUT2D eigenvalue weighted by atomic mass is 10.1. The van der Waals surface area contributed by atoms with Crippen molar-refractivity contribution in [2.45, 2.75) is 4.90 Å². The number of hydrogen-bond acceptors (Lipinski definition) is 5. The summed E-state index contributed by atoms with van der Waals surface area (Å²) in [6, 6.07) is 11.8. The summed E-state index contributed by atoms with van der Waals surface area (Å²) in [5.74, 6) is -1.21. The first-order chi connectivity index (χ1) is 12.4. The maximum absolute atomic E-state index is 12.9. The highest BCUT2D eigenvalue weighted by Gasteiger charge is 2.36. The van der Waals surface area contributed by atoms with Gasteiger partial charge in [0.05, 0.1) is 16.1 Å². The highest BCUT2D eigenvalue weighted by atomic mass is 32.2. The molecule has 3 N–H and O–H groups in total. The van der Waals surface area contributed by atoms with Crippen molar-refractivity contribution in [3.8, 4) is 0 Å². The highest BCUT2D eigenvalue weighted by molar-refractivity contribution is 7.93. The van der Waals surface area contributed by atoms with Crippen molar-refractivity contribution in [1.29, 1.82) is 0 Å². The van der Waals surface area contributed by atoms with Gasteiger partial charge < -0.3 is 11.1 Å². The second kappa shape index (κ2) is 5.82. The summed E-state index contributed by atoms with van der Waals surface area (Å²) in [6.07, 6.45) is 0. The second-order valence-corrected chi connectivity index (χ2v) is 8.47. The van der Waals surface area contributed by atoms with Gasteiger partial charge in [0, 0.05) is 5.39 Å². The van der Waals surface area contributed by atoms with Gasteiger partial charge in [-0.25, -0.2) is 8.42 Å². The van der Waals surface area contributed by atoms with Crippen LogP contribution < -0.4 is 15.4 Å². The molecule has 3 aromatic rings. The third kappa shape index (κ3) is 2.44. The van der Waals surface area contributed by atoms with Gasteiger partial charge in [-0.1, -0.05) is 24.3 Å². The first-order valence-electron chi connectivity index (χ1n) is 7.61. The number of nitrogens with zero attached hydrogens (tertiary/aromatic N) is 1. The van der Waals surface area contributed by atoms with Crippen LogP contribution in [0.2, 0.25) is 0 Å². The fourth-order valence-corrected chi connectivity index (χ4v) is 5.50. The van der Waals surface area contributed by atoms with Crippen molar-refractivity contribution >= 4 is 54.6 Å². The number of hydrogen-bond donors (Lipinski definition) is 2. The summed E-state index contributed by atoms with van der Waals surface area (Å²) >= 11 is 1.14. The largest absolute Gasteiger partial charge is 0.366 e. The molecule has 2 aromatic carbocycles. The van der Waals surface area contributed by atoms with Crippen molar-refractivity contribution < 1.29 is 18.0 Å². The normalized spacial score (nSPS) is 14.5. The topological polar surface area (TPSA) is 110 Å². The molecule has 0 aliphatic carbocycles. The van der Waals surface area contributed by atoms with E-state index in [2.05, 4.69) is 5.32 Å². The first-order valence-corrected chi connectivity index (χ1v) is 9.93. The van der Waals surface area contributed by atoms with Gasteiger partial charge in [-0.15, -0.1) is 11.3 Å². The number of nitrogens with two attached hydrogens (primary N) is 1. The average molecular weight is 387 g/mol. The van der Waals surface area contributed by atoms with Gasteiger partial charge in [0.15, 0.2) is 0 Å². The van der Waals surface area contributed by atoms with Crippen LogP contribution in [0.1, 0.15) is 10.4 Å². The number of benzene rings is 2. The van der Waals surface area contributed by atoms with Gasteiger partial charge in [0.25, 0.3) is 15.9 Å². The number of sulfonamides is 1. The zero-order valence-electron chi connectivity index (χ0n) is 13.3. The molecule has 2 amide bonds. The fraction of sp³-hybridized carbons (Fsp3) is 0.0588. The third-order valence-electron chi connectivity index (χ3n) is 4.15. The zero-order chi connectivity index (χ0) is 18.5. The minimum absolute atomic E-state index is 0.187. The number of anilines is 2. The average Bonchev–Trinajstić information content (AvgIpc) is 3.14. The Hall–Kier alpha value is -2.91. The van der Waals surface area contributed by atoms with E-state index >= 15 is 0 Å². The fourth-order valence-electron chi connectivity index (χ4n) is 3.03. The van der Waals surface area contributed by atoms with E-state index in [9.17, 15) is 18.0 Å². The summed E-state index contributed by atoms with van der Waals surface area (Å²) in [4.78, 5) is 24.0. The monoisotopic (exact) mass is 387 g/mol. The molecule has 7 nitrogen and oxygen atoms in total. The Kier molecular flexibility index (Phi) is 3.70. The van der Waals surface area contributed by atoms with Gasteiger partial charge in [0.2, 0.25) is 5.91 Å². The number of rotatable bonds is 4. The van der Waals surface area contributed by atoms with Crippen LogP contribution in [0.15, 0.2) is 52.7 Å². The predicted octanol–water partition coefficient (Wildman–Crippen LogP) is 2.15. The number of thiophene rings is 1. The van der Waals surface area contributed by atoms with Crippen molar-refractivity contribution in [3.05, 3.63) is 53.4 Å². The Morgan fingerprint density at radius 1 is 1.12 bits per heavy atom. The maximum atomic E-state index is 12.9. The summed E-state index contributed by atoms with van der Waals surface area (Å²) in [7, 11) is -3.81. The van der Waals surface area contributed by atoms with Crippen molar-refractivity contribution in [2.24, 2.45) is 5.73 Å². The molecular formula is C17H13N3O4S2. The Balaban J connectivity index is 1.67. The van der Waals surface area contributed by atoms with Gasteiger partial charge >= 0.3 is 0 Å². The lowest BCUT2D eigenvalue weighted by Gasteiger charge is -2.18. The van der Waals surface area contributed by atoms with Gasteiger partial charge in [-0.05, 0) is 29.0 Å². The van der Waals surface area contributed by atoms with Crippen LogP contribution in [0.3, 0.4) is 0 Å². The van der Waals surface area contributed by atoms with E-state index in [1.807, 2.05) is 12.1 Å². The Morgan fingerprint density at radius 2 is 1.85 bits per heavy atom. The molecule has 9 heteroatoms. The number of carbonyl (C=O) groups is 2. The molecular weight excluding hydrogens is 374 g/mol. The first kappa shape index (κ1) is 16.6. The Labute approximate surface area is 153 Å². The predicted molar refractivity (Wildman–Crippen MR) is 99.9 cm³/mol. The molecule has 0 saturated carbocycles. The van der Waals surface area contributed by atoms with Crippen LogP contribution in [0.4, 0.5) is 10.7 Å². The lowest BCUT2D eigenvalue weighted by molar-refractivity contribution is -0.114. The summed E-state index contributed by atoms with van der Waals surface area (Å²) in [5.41, 5.74) is 5.92. The van der Waals surface area contributed by atoms with Crippen LogP contribution in [0.5, 0.6) is 0 Å². The van der Waals surface area contributed by atoms with E-state index < -0.39 is 28.4 Å². The maximum Gasteiger partial charge on any atom is 0.265 e. The quantitative estimate of drug-likeness (QED) is 0.715. The van der Waals surface area contributed by atoms with Crippen molar-refractivity contribution in [3.63, 3.8) is 0 Å². The molecule has 132 valence electrons. The summed E-state index contributed by atoms with van der Waals surface area (Å²) in [5, 5.41) is 5.89. The number of nitrogens with one attached hydrogen (secondary N) is 1. The lowest BCUT2D eigenvalue weighted by Crippen LogP contribution is -2.35. The van der Waals surface area contributed by atoms with Gasteiger partial charge in [0.1, 0.15) is 11.5 Å². The molecule has 0 bridgehead atoms. The number of amides is 2. The third-order valence-corrected chi connectivity index (χ3v) is 6.78. The van der Waals surface area contributed by atoms with E-state index in [1.54, 1.807) is 23.6 Å². The molecule has 0 atom stereocenters. The van der Waals surface area contributed by atoms with Crippen LogP contribution in [0.25, 0.3) is 10.8 Å². The summed E-state index contributed by atoms with van der Waals surface area (Å²) < 4.78 is 26.8. The van der Waals surface area contributed by atoms with Crippen LogP contribution in [-0.4, -0.2) is 26.8 Å². The minimum atomic E-state index is -3.81. The van der Waals surface area contributed by atoms with Crippen LogP contribution in [0, 0.1) is 0 Å². The number of primary amides is 1. The summed E-state index contributed by atoms with van der Waals surface area (Å²) in [6.45, 7) is -0.397. The Bertz CT molecular complexity index is 1160. The molecule has 0 fully saturated rings. The van der Waals surface area contributed by atoms with E-state index in [4.69, 9.17) is 5.73 Å². The molecule has 1 aliphatic heterocycles. The van der Waals surface area contributed by atoms with E-state index in [0.29, 0.717) is 16.1 Å².